The van der Waals surface area contributed by atoms with Gasteiger partial charge in [-0.25, -0.2) is 37.7 Å². The number of aliphatic hydroxyl groups is 2. The topological polar surface area (TPSA) is 159 Å². The first-order valence-electron chi connectivity index (χ1n) is 14.8. The lowest BCUT2D eigenvalue weighted by atomic mass is 10.1. The van der Waals surface area contributed by atoms with Gasteiger partial charge < -0.3 is 19.7 Å². The molecule has 238 valence electrons. The van der Waals surface area contributed by atoms with Crippen molar-refractivity contribution in [2.45, 2.75) is 45.2 Å². The smallest absolute Gasteiger partial charge is 0.338 e. The van der Waals surface area contributed by atoms with Crippen LogP contribution in [0.4, 0.5) is 0 Å². The lowest BCUT2D eigenvalue weighted by molar-refractivity contribution is 0.00701. The maximum Gasteiger partial charge on any atom is 0.338 e. The van der Waals surface area contributed by atoms with Crippen molar-refractivity contribution in [2.24, 2.45) is 0 Å². The van der Waals surface area contributed by atoms with Gasteiger partial charge in [0.2, 0.25) is 0 Å². The van der Waals surface area contributed by atoms with E-state index in [1.807, 2.05) is 48.5 Å². The molecule has 0 aliphatic carbocycles. The zero-order valence-electron chi connectivity index (χ0n) is 25.1. The lowest BCUT2D eigenvalue weighted by Gasteiger charge is -2.19. The van der Waals surface area contributed by atoms with Crippen LogP contribution in [0.1, 0.15) is 34.1 Å². The number of ether oxygens (including phenoxy) is 2. The van der Waals surface area contributed by atoms with Crippen molar-refractivity contribution in [3.8, 4) is 0 Å². The fourth-order valence-corrected chi connectivity index (χ4v) is 5.12. The van der Waals surface area contributed by atoms with Crippen LogP contribution >= 0.6 is 0 Å². The van der Waals surface area contributed by atoms with Crippen LogP contribution in [0.5, 0.6) is 0 Å². The van der Waals surface area contributed by atoms with Gasteiger partial charge in [0.25, 0.3) is 0 Å². The number of aliphatic hydroxyl groups excluding tert-OH is 2. The van der Waals surface area contributed by atoms with Crippen molar-refractivity contribution < 1.29 is 29.3 Å². The van der Waals surface area contributed by atoms with E-state index in [-0.39, 0.29) is 17.7 Å². The number of rotatable bonds is 12. The van der Waals surface area contributed by atoms with Crippen LogP contribution in [0.25, 0.3) is 21.5 Å². The van der Waals surface area contributed by atoms with Crippen molar-refractivity contribution in [1.82, 2.24) is 13.7 Å². The Morgan fingerprint density at radius 3 is 1.74 bits per heavy atom. The van der Waals surface area contributed by atoms with Gasteiger partial charge in [0.05, 0.1) is 30.8 Å². The van der Waals surface area contributed by atoms with Gasteiger partial charge in [-0.05, 0) is 52.2 Å². The average molecular weight is 628 g/mol. The highest BCUT2D eigenvalue weighted by Crippen LogP contribution is 2.18. The van der Waals surface area contributed by atoms with Crippen LogP contribution in [0.2, 0.25) is 0 Å². The summed E-state index contributed by atoms with van der Waals surface area (Å²) in [5.74, 6) is -1.48. The summed E-state index contributed by atoms with van der Waals surface area (Å²) in [6, 6.07) is 24.8. The van der Waals surface area contributed by atoms with E-state index in [9.17, 15) is 34.2 Å². The van der Waals surface area contributed by atoms with Crippen LogP contribution in [-0.2, 0) is 29.1 Å². The molecular formula is C34H33N3O9. The summed E-state index contributed by atoms with van der Waals surface area (Å²) in [4.78, 5) is 65.3. The van der Waals surface area contributed by atoms with Gasteiger partial charge in [0.1, 0.15) is 18.8 Å². The summed E-state index contributed by atoms with van der Waals surface area (Å²) in [5, 5.41) is 24.1. The molecule has 0 aliphatic heterocycles. The lowest BCUT2D eigenvalue weighted by Crippen LogP contribution is -2.56. The summed E-state index contributed by atoms with van der Waals surface area (Å²) >= 11 is 0. The van der Waals surface area contributed by atoms with E-state index in [0.29, 0.717) is 15.6 Å². The minimum Gasteiger partial charge on any atom is -0.459 e. The number of nitrogens with zero attached hydrogens (tertiary/aromatic N) is 3. The fraction of sp³-hybridized carbons (Fsp3) is 0.265. The summed E-state index contributed by atoms with van der Waals surface area (Å²) in [5.41, 5.74) is -2.52. The van der Waals surface area contributed by atoms with Crippen LogP contribution in [0.15, 0.2) is 99.3 Å². The highest BCUT2D eigenvalue weighted by Gasteiger charge is 2.23. The molecule has 0 bridgehead atoms. The molecule has 4 aromatic carbocycles. The molecule has 2 N–H and O–H groups in total. The molecule has 2 atom stereocenters. The van der Waals surface area contributed by atoms with Gasteiger partial charge in [-0.15, -0.1) is 0 Å². The Morgan fingerprint density at radius 2 is 1.20 bits per heavy atom. The number of hydrogen-bond acceptors (Lipinski definition) is 9. The minimum atomic E-state index is -1.48. The van der Waals surface area contributed by atoms with Gasteiger partial charge in [-0.3, -0.25) is 0 Å². The average Bonchev–Trinajstić information content (AvgIpc) is 3.08. The van der Waals surface area contributed by atoms with Gasteiger partial charge >= 0.3 is 29.0 Å². The predicted octanol–water partition coefficient (Wildman–Crippen LogP) is 2.32. The summed E-state index contributed by atoms with van der Waals surface area (Å²) in [7, 11) is 0. The van der Waals surface area contributed by atoms with E-state index in [2.05, 4.69) is 0 Å². The van der Waals surface area contributed by atoms with Crippen LogP contribution in [-0.4, -0.2) is 61.3 Å². The van der Waals surface area contributed by atoms with E-state index in [0.717, 1.165) is 26.1 Å². The minimum absolute atomic E-state index is 0.0361. The number of aromatic nitrogens is 3. The molecule has 0 saturated heterocycles. The zero-order valence-corrected chi connectivity index (χ0v) is 25.1. The zero-order chi connectivity index (χ0) is 32.8. The number of fused-ring (bicyclic) bond motifs is 2. The summed E-state index contributed by atoms with van der Waals surface area (Å²) < 4.78 is 12.9. The molecular weight excluding hydrogens is 594 g/mol. The predicted molar refractivity (Wildman–Crippen MR) is 170 cm³/mol. The van der Waals surface area contributed by atoms with Crippen molar-refractivity contribution in [2.75, 3.05) is 13.2 Å². The van der Waals surface area contributed by atoms with Crippen molar-refractivity contribution in [3.05, 3.63) is 128 Å². The van der Waals surface area contributed by atoms with Gasteiger partial charge in [0.15, 0.2) is 0 Å². The Labute approximate surface area is 262 Å². The quantitative estimate of drug-likeness (QED) is 0.198. The normalized spacial score (nSPS) is 12.6. The second kappa shape index (κ2) is 14.2. The Bertz CT molecular complexity index is 2080. The molecule has 12 nitrogen and oxygen atoms in total. The monoisotopic (exact) mass is 627 g/mol. The first-order valence-corrected chi connectivity index (χ1v) is 14.8. The van der Waals surface area contributed by atoms with Crippen LogP contribution < -0.4 is 17.1 Å². The summed E-state index contributed by atoms with van der Waals surface area (Å²) in [6.45, 7) is -0.698. The van der Waals surface area contributed by atoms with Crippen LogP contribution in [0, 0.1) is 0 Å². The summed E-state index contributed by atoms with van der Waals surface area (Å²) in [6.07, 6.45) is -2.41. The molecule has 1 heterocycles. The molecule has 2 unspecified atom stereocenters. The van der Waals surface area contributed by atoms with Crippen molar-refractivity contribution in [3.63, 3.8) is 0 Å². The molecule has 0 aliphatic rings. The van der Waals surface area contributed by atoms with E-state index in [4.69, 9.17) is 9.47 Å². The number of benzene rings is 4. The van der Waals surface area contributed by atoms with E-state index >= 15 is 0 Å². The number of esters is 2. The third kappa shape index (κ3) is 6.98. The molecule has 0 saturated carbocycles. The van der Waals surface area contributed by atoms with E-state index in [1.54, 1.807) is 43.3 Å². The Morgan fingerprint density at radius 1 is 0.696 bits per heavy atom. The molecule has 0 fully saturated rings. The van der Waals surface area contributed by atoms with Crippen molar-refractivity contribution in [1.29, 1.82) is 0 Å². The standard InChI is InChI=1S/C34H33N3O9/c1-2-15-35-32(42)36(18-28(39)21-45-30(40)26-13-11-22-7-3-5-9-24(22)16-26)34(44)37(33(35)43)19-29(20-38)46-31(41)27-14-12-23-8-4-6-10-25(23)17-27/h3-14,16-17,28-29,38-39H,2,15,18-21H2,1H3. The Balaban J connectivity index is 1.33. The maximum atomic E-state index is 13.4. The fourth-order valence-electron chi connectivity index (χ4n) is 5.12. The Hall–Kier alpha value is -5.33. The largest absolute Gasteiger partial charge is 0.459 e. The molecule has 0 amide bonds. The highest BCUT2D eigenvalue weighted by molar-refractivity contribution is 5.96. The first kappa shape index (κ1) is 32.1. The molecule has 12 heteroatoms. The third-order valence-electron chi connectivity index (χ3n) is 7.47. The number of hydrogen-bond donors (Lipinski definition) is 2. The first-order chi connectivity index (χ1) is 22.2. The van der Waals surface area contributed by atoms with E-state index in [1.165, 1.54) is 0 Å². The van der Waals surface area contributed by atoms with Gasteiger partial charge in [-0.1, -0.05) is 67.6 Å². The SMILES string of the molecule is CCCn1c(=O)n(CC(O)COC(=O)c2ccc3ccccc3c2)c(=O)n(CC(CO)OC(=O)c2ccc3ccccc3c2)c1=O. The molecule has 5 rings (SSSR count). The third-order valence-corrected chi connectivity index (χ3v) is 7.47. The van der Waals surface area contributed by atoms with E-state index < -0.39 is 67.5 Å². The van der Waals surface area contributed by atoms with Crippen molar-refractivity contribution >= 4 is 33.5 Å². The second-order valence-electron chi connectivity index (χ2n) is 10.8. The maximum absolute atomic E-state index is 13.4. The Kier molecular flexibility index (Phi) is 9.89. The molecule has 0 radical (unpaired) electrons. The van der Waals surface area contributed by atoms with Crippen LogP contribution in [0.3, 0.4) is 0 Å². The van der Waals surface area contributed by atoms with Gasteiger partial charge in [0, 0.05) is 6.54 Å². The van der Waals surface area contributed by atoms with Gasteiger partial charge in [-0.2, -0.15) is 0 Å². The molecule has 0 spiro atoms. The number of carbonyl (C=O) groups excluding carboxylic acids is 2. The molecule has 46 heavy (non-hydrogen) atoms. The second-order valence-corrected chi connectivity index (χ2v) is 10.8. The molecule has 1 aromatic heterocycles. The molecule has 5 aromatic rings. The number of carbonyl (C=O) groups is 2. The highest BCUT2D eigenvalue weighted by atomic mass is 16.6.